The molecule has 0 fully saturated rings. The lowest BCUT2D eigenvalue weighted by Gasteiger charge is -2.16. The SMILES string of the molecule is CCCCCCCOc1ccc(-c2cnc(-c3ccc(C[C@H](NC(=O)c4ccccc4C)C(=O)O)cc3)nc2)cc1. The number of nitrogens with one attached hydrogen (secondary N) is 1. The van der Waals surface area contributed by atoms with Crippen LogP contribution in [0.15, 0.2) is 85.2 Å². The average molecular weight is 552 g/mol. The standard InChI is InChI=1S/C34H37N3O4/c1-3-4-5-6-9-20-41-29-18-16-26(17-19-29)28-22-35-32(36-23-28)27-14-12-25(13-15-27)21-31(34(39)40)37-33(38)30-11-8-7-10-24(30)2/h7-8,10-19,22-23,31H,3-6,9,20-21H2,1-2H3,(H,37,38)(H,39,40)/t31-/m0/s1. The van der Waals surface area contributed by atoms with Crippen molar-refractivity contribution >= 4 is 11.9 Å². The van der Waals surface area contributed by atoms with Crippen LogP contribution in [0.1, 0.15) is 60.5 Å². The minimum Gasteiger partial charge on any atom is -0.494 e. The maximum Gasteiger partial charge on any atom is 0.326 e. The molecule has 0 bridgehead atoms. The highest BCUT2D eigenvalue weighted by atomic mass is 16.5. The predicted molar refractivity (Wildman–Crippen MR) is 161 cm³/mol. The lowest BCUT2D eigenvalue weighted by atomic mass is 10.0. The largest absolute Gasteiger partial charge is 0.494 e. The maximum atomic E-state index is 12.6. The van der Waals surface area contributed by atoms with Crippen LogP contribution >= 0.6 is 0 Å². The van der Waals surface area contributed by atoms with Crippen LogP contribution in [0.2, 0.25) is 0 Å². The van der Waals surface area contributed by atoms with Gasteiger partial charge in [0.15, 0.2) is 5.82 Å². The third-order valence-electron chi connectivity index (χ3n) is 7.00. The van der Waals surface area contributed by atoms with Crippen molar-refractivity contribution < 1.29 is 19.4 Å². The number of hydrogen-bond donors (Lipinski definition) is 2. The highest BCUT2D eigenvalue weighted by Gasteiger charge is 2.22. The Balaban J connectivity index is 1.33. The Morgan fingerprint density at radius 2 is 1.49 bits per heavy atom. The molecule has 0 unspecified atom stereocenters. The molecule has 0 saturated carbocycles. The van der Waals surface area contributed by atoms with Crippen molar-refractivity contribution in [3.05, 3.63) is 102 Å². The van der Waals surface area contributed by atoms with Crippen molar-refractivity contribution in [3.63, 3.8) is 0 Å². The number of carboxylic acid groups (broad SMARTS) is 1. The molecule has 4 rings (SSSR count). The molecule has 0 aliphatic carbocycles. The van der Waals surface area contributed by atoms with E-state index in [2.05, 4.69) is 22.2 Å². The number of ether oxygens (including phenoxy) is 1. The van der Waals surface area contributed by atoms with Gasteiger partial charge in [-0.2, -0.15) is 0 Å². The highest BCUT2D eigenvalue weighted by molar-refractivity contribution is 5.97. The summed E-state index contributed by atoms with van der Waals surface area (Å²) in [5, 5.41) is 12.3. The van der Waals surface area contributed by atoms with Crippen molar-refractivity contribution in [2.24, 2.45) is 0 Å². The Kier molecular flexibility index (Phi) is 10.6. The lowest BCUT2D eigenvalue weighted by Crippen LogP contribution is -2.42. The van der Waals surface area contributed by atoms with E-state index in [1.807, 2.05) is 67.6 Å². The number of carbonyl (C=O) groups excluding carboxylic acids is 1. The van der Waals surface area contributed by atoms with Crippen LogP contribution < -0.4 is 10.1 Å². The minimum absolute atomic E-state index is 0.158. The van der Waals surface area contributed by atoms with E-state index in [1.165, 1.54) is 25.7 Å². The fourth-order valence-corrected chi connectivity index (χ4v) is 4.55. The Hall–Kier alpha value is -4.52. The number of carbonyl (C=O) groups is 2. The van der Waals surface area contributed by atoms with Crippen molar-refractivity contribution in [2.45, 2.75) is 58.4 Å². The maximum absolute atomic E-state index is 12.6. The van der Waals surface area contributed by atoms with E-state index in [-0.39, 0.29) is 6.42 Å². The quantitative estimate of drug-likeness (QED) is 0.165. The van der Waals surface area contributed by atoms with Crippen LogP contribution in [0, 0.1) is 6.92 Å². The topological polar surface area (TPSA) is 101 Å². The third kappa shape index (κ3) is 8.48. The van der Waals surface area contributed by atoms with Gasteiger partial charge >= 0.3 is 5.97 Å². The van der Waals surface area contributed by atoms with Crippen LogP contribution in [0.3, 0.4) is 0 Å². The summed E-state index contributed by atoms with van der Waals surface area (Å²) in [7, 11) is 0. The number of nitrogens with zero attached hydrogens (tertiary/aromatic N) is 2. The summed E-state index contributed by atoms with van der Waals surface area (Å²) in [4.78, 5) is 33.6. The Morgan fingerprint density at radius 3 is 2.15 bits per heavy atom. The van der Waals surface area contributed by atoms with Gasteiger partial charge in [0.25, 0.3) is 5.91 Å². The molecule has 212 valence electrons. The summed E-state index contributed by atoms with van der Waals surface area (Å²) in [5.74, 6) is -0.0507. The van der Waals surface area contributed by atoms with Crippen LogP contribution in [0.4, 0.5) is 0 Å². The van der Waals surface area contributed by atoms with Gasteiger partial charge in [-0.05, 0) is 48.2 Å². The van der Waals surface area contributed by atoms with Crippen LogP contribution in [-0.4, -0.2) is 39.6 Å². The lowest BCUT2D eigenvalue weighted by molar-refractivity contribution is -0.139. The van der Waals surface area contributed by atoms with Crippen LogP contribution in [0.25, 0.3) is 22.5 Å². The molecule has 0 radical (unpaired) electrons. The van der Waals surface area contributed by atoms with Gasteiger partial charge in [-0.1, -0.05) is 87.2 Å². The van der Waals surface area contributed by atoms with E-state index in [0.29, 0.717) is 11.4 Å². The number of unbranched alkanes of at least 4 members (excludes halogenated alkanes) is 4. The number of amides is 1. The molecule has 0 spiro atoms. The number of aliphatic carboxylic acids is 1. The zero-order valence-corrected chi connectivity index (χ0v) is 23.7. The summed E-state index contributed by atoms with van der Waals surface area (Å²) in [6.45, 7) is 4.77. The molecular weight excluding hydrogens is 514 g/mol. The van der Waals surface area contributed by atoms with Gasteiger partial charge in [0.2, 0.25) is 0 Å². The fourth-order valence-electron chi connectivity index (χ4n) is 4.55. The zero-order valence-electron chi connectivity index (χ0n) is 23.7. The number of aryl methyl sites for hydroxylation is 1. The van der Waals surface area contributed by atoms with Crippen molar-refractivity contribution in [1.29, 1.82) is 0 Å². The third-order valence-corrected chi connectivity index (χ3v) is 7.00. The van der Waals surface area contributed by atoms with Crippen molar-refractivity contribution in [1.82, 2.24) is 15.3 Å². The molecule has 1 aromatic heterocycles. The first-order valence-corrected chi connectivity index (χ1v) is 14.2. The highest BCUT2D eigenvalue weighted by Crippen LogP contribution is 2.24. The van der Waals surface area contributed by atoms with Crippen molar-refractivity contribution in [3.8, 4) is 28.3 Å². The molecule has 1 heterocycles. The van der Waals surface area contributed by atoms with Gasteiger partial charge < -0.3 is 15.2 Å². The molecule has 7 nitrogen and oxygen atoms in total. The second-order valence-corrected chi connectivity index (χ2v) is 10.2. The number of aromatic nitrogens is 2. The first-order chi connectivity index (χ1) is 19.9. The monoisotopic (exact) mass is 551 g/mol. The van der Waals surface area contributed by atoms with E-state index < -0.39 is 17.9 Å². The van der Waals surface area contributed by atoms with E-state index >= 15 is 0 Å². The van der Waals surface area contributed by atoms with Crippen molar-refractivity contribution in [2.75, 3.05) is 6.61 Å². The van der Waals surface area contributed by atoms with Gasteiger partial charge in [0.1, 0.15) is 11.8 Å². The number of benzene rings is 3. The predicted octanol–water partition coefficient (Wildman–Crippen LogP) is 6.89. The van der Waals surface area contributed by atoms with Gasteiger partial charge in [-0.3, -0.25) is 4.79 Å². The summed E-state index contributed by atoms with van der Waals surface area (Å²) < 4.78 is 5.86. The van der Waals surface area contributed by atoms with Gasteiger partial charge in [0.05, 0.1) is 6.61 Å². The first-order valence-electron chi connectivity index (χ1n) is 14.2. The van der Waals surface area contributed by atoms with E-state index in [1.54, 1.807) is 24.5 Å². The first kappa shape index (κ1) is 29.5. The second kappa shape index (κ2) is 14.7. The molecule has 1 amide bonds. The molecule has 0 aliphatic heterocycles. The van der Waals surface area contributed by atoms with Gasteiger partial charge in [-0.25, -0.2) is 14.8 Å². The normalized spacial score (nSPS) is 11.6. The van der Waals surface area contributed by atoms with Crippen LogP contribution in [0.5, 0.6) is 5.75 Å². The molecular formula is C34H37N3O4. The molecule has 7 heteroatoms. The molecule has 41 heavy (non-hydrogen) atoms. The van der Waals surface area contributed by atoms with Crippen LogP contribution in [-0.2, 0) is 11.2 Å². The average Bonchev–Trinajstić information content (AvgIpc) is 2.99. The minimum atomic E-state index is -1.09. The Labute approximate surface area is 241 Å². The fraction of sp³-hybridized carbons (Fsp3) is 0.294. The number of rotatable bonds is 14. The number of hydrogen-bond acceptors (Lipinski definition) is 5. The molecule has 4 aromatic rings. The Bertz CT molecular complexity index is 1420. The Morgan fingerprint density at radius 1 is 0.829 bits per heavy atom. The molecule has 0 aliphatic rings. The molecule has 2 N–H and O–H groups in total. The summed E-state index contributed by atoms with van der Waals surface area (Å²) in [6.07, 6.45) is 9.81. The molecule has 0 saturated heterocycles. The molecule has 1 atom stereocenters. The summed E-state index contributed by atoms with van der Waals surface area (Å²) in [5.41, 5.74) is 4.77. The van der Waals surface area contributed by atoms with Gasteiger partial charge in [-0.15, -0.1) is 0 Å². The summed E-state index contributed by atoms with van der Waals surface area (Å²) >= 11 is 0. The zero-order chi connectivity index (χ0) is 29.0. The second-order valence-electron chi connectivity index (χ2n) is 10.2. The smallest absolute Gasteiger partial charge is 0.326 e. The van der Waals surface area contributed by atoms with E-state index in [4.69, 9.17) is 4.74 Å². The van der Waals surface area contributed by atoms with E-state index in [0.717, 1.165) is 46.6 Å². The summed E-state index contributed by atoms with van der Waals surface area (Å²) in [6, 6.07) is 21.4. The van der Waals surface area contributed by atoms with E-state index in [9.17, 15) is 14.7 Å². The molecule has 3 aromatic carbocycles. The number of carboxylic acids is 1. The van der Waals surface area contributed by atoms with Gasteiger partial charge in [0, 0.05) is 35.5 Å².